The van der Waals surface area contributed by atoms with Crippen molar-refractivity contribution in [1.29, 1.82) is 0 Å². The van der Waals surface area contributed by atoms with E-state index in [1.165, 1.54) is 0 Å². The van der Waals surface area contributed by atoms with Gasteiger partial charge in [-0.15, -0.1) is 0 Å². The quantitative estimate of drug-likeness (QED) is 0.894. The zero-order chi connectivity index (χ0) is 14.7. The van der Waals surface area contributed by atoms with E-state index in [1.54, 1.807) is 0 Å². The second-order valence-electron chi connectivity index (χ2n) is 5.19. The van der Waals surface area contributed by atoms with E-state index in [-0.39, 0.29) is 12.1 Å². The van der Waals surface area contributed by atoms with Crippen LogP contribution < -0.4 is 10.6 Å². The Labute approximate surface area is 126 Å². The van der Waals surface area contributed by atoms with Crippen LogP contribution in [-0.2, 0) is 0 Å². The van der Waals surface area contributed by atoms with Gasteiger partial charge in [-0.2, -0.15) is 0 Å². The molecule has 0 spiro atoms. The van der Waals surface area contributed by atoms with Gasteiger partial charge >= 0.3 is 0 Å². The van der Waals surface area contributed by atoms with Crippen LogP contribution in [0.2, 0.25) is 5.02 Å². The number of hydrogen-bond donors (Lipinski definition) is 1. The third kappa shape index (κ3) is 3.14. The molecule has 2 nitrogen and oxygen atoms in total. The van der Waals surface area contributed by atoms with Crippen molar-refractivity contribution in [2.75, 3.05) is 11.9 Å². The lowest BCUT2D eigenvalue weighted by molar-refractivity contribution is 0.739. The van der Waals surface area contributed by atoms with Gasteiger partial charge in [-0.1, -0.05) is 41.9 Å². The molecule has 20 heavy (non-hydrogen) atoms. The molecule has 0 saturated heterocycles. The summed E-state index contributed by atoms with van der Waals surface area (Å²) in [6.45, 7) is 4.14. The zero-order valence-electron chi connectivity index (χ0n) is 12.2. The fraction of sp³-hybridized carbons (Fsp3) is 0.294. The Hall–Kier alpha value is -1.51. The average molecular weight is 289 g/mol. The van der Waals surface area contributed by atoms with Crippen LogP contribution in [0.25, 0.3) is 0 Å². The third-order valence-corrected chi connectivity index (χ3v) is 4.11. The number of benzene rings is 2. The summed E-state index contributed by atoms with van der Waals surface area (Å²) in [6, 6.07) is 16.6. The normalized spacial score (nSPS) is 13.8. The van der Waals surface area contributed by atoms with E-state index >= 15 is 0 Å². The standard InChI is InChI=1S/C17H21ClN2/c1-12(19)14-8-10-15(11-9-14)20(3)13(2)16-6-4-5-7-17(16)18/h4-13H,19H2,1-3H3/t12-,13?/m0/s1. The van der Waals surface area contributed by atoms with Crippen LogP contribution in [0.1, 0.15) is 37.1 Å². The van der Waals surface area contributed by atoms with E-state index in [1.807, 2.05) is 25.1 Å². The molecule has 0 aliphatic carbocycles. The summed E-state index contributed by atoms with van der Waals surface area (Å²) in [7, 11) is 2.08. The summed E-state index contributed by atoms with van der Waals surface area (Å²) >= 11 is 6.27. The highest BCUT2D eigenvalue weighted by atomic mass is 35.5. The van der Waals surface area contributed by atoms with Crippen LogP contribution in [0.5, 0.6) is 0 Å². The lowest BCUT2D eigenvalue weighted by Crippen LogP contribution is -2.21. The molecule has 0 heterocycles. The third-order valence-electron chi connectivity index (χ3n) is 3.76. The molecule has 2 rings (SSSR count). The van der Waals surface area contributed by atoms with Crippen LogP contribution in [0.4, 0.5) is 5.69 Å². The van der Waals surface area contributed by atoms with Crippen molar-refractivity contribution in [1.82, 2.24) is 0 Å². The molecule has 2 aromatic rings. The molecule has 2 aromatic carbocycles. The molecule has 0 bridgehead atoms. The highest BCUT2D eigenvalue weighted by Crippen LogP contribution is 2.30. The van der Waals surface area contributed by atoms with Crippen molar-refractivity contribution in [2.45, 2.75) is 25.9 Å². The van der Waals surface area contributed by atoms with Crippen LogP contribution >= 0.6 is 11.6 Å². The minimum Gasteiger partial charge on any atom is -0.368 e. The van der Waals surface area contributed by atoms with E-state index in [2.05, 4.69) is 49.2 Å². The maximum absolute atomic E-state index is 6.27. The first-order chi connectivity index (χ1) is 9.50. The first-order valence-electron chi connectivity index (χ1n) is 6.83. The van der Waals surface area contributed by atoms with E-state index < -0.39 is 0 Å². The summed E-state index contributed by atoms with van der Waals surface area (Å²) < 4.78 is 0. The van der Waals surface area contributed by atoms with Gasteiger partial charge in [-0.05, 0) is 43.2 Å². The minimum absolute atomic E-state index is 0.0651. The largest absolute Gasteiger partial charge is 0.368 e. The van der Waals surface area contributed by atoms with Crippen molar-refractivity contribution < 1.29 is 0 Å². The number of rotatable bonds is 4. The van der Waals surface area contributed by atoms with E-state index in [4.69, 9.17) is 17.3 Å². The van der Waals surface area contributed by atoms with Crippen LogP contribution in [0, 0.1) is 0 Å². The maximum atomic E-state index is 6.27. The van der Waals surface area contributed by atoms with Gasteiger partial charge in [0, 0.05) is 23.8 Å². The fourth-order valence-corrected chi connectivity index (χ4v) is 2.55. The molecule has 2 N–H and O–H groups in total. The smallest absolute Gasteiger partial charge is 0.0525 e. The molecule has 2 atom stereocenters. The van der Waals surface area contributed by atoms with Gasteiger partial charge in [0.25, 0.3) is 0 Å². The molecule has 0 amide bonds. The number of halogens is 1. The second kappa shape index (κ2) is 6.29. The van der Waals surface area contributed by atoms with Crippen molar-refractivity contribution in [3.63, 3.8) is 0 Å². The molecule has 0 saturated carbocycles. The lowest BCUT2D eigenvalue weighted by Gasteiger charge is -2.28. The highest BCUT2D eigenvalue weighted by molar-refractivity contribution is 6.31. The maximum Gasteiger partial charge on any atom is 0.0525 e. The Morgan fingerprint density at radius 1 is 1.00 bits per heavy atom. The number of nitrogens with zero attached hydrogens (tertiary/aromatic N) is 1. The van der Waals surface area contributed by atoms with Crippen LogP contribution in [-0.4, -0.2) is 7.05 Å². The summed E-state index contributed by atoms with van der Waals surface area (Å²) in [5.74, 6) is 0. The molecule has 106 valence electrons. The predicted octanol–water partition coefficient (Wildman–Crippen LogP) is 4.56. The van der Waals surface area contributed by atoms with Crippen LogP contribution in [0.15, 0.2) is 48.5 Å². The average Bonchev–Trinajstić information content (AvgIpc) is 2.46. The Balaban J connectivity index is 2.22. The molecular formula is C17H21ClN2. The van der Waals surface area contributed by atoms with E-state index in [9.17, 15) is 0 Å². The second-order valence-corrected chi connectivity index (χ2v) is 5.60. The molecule has 0 radical (unpaired) electrons. The monoisotopic (exact) mass is 288 g/mol. The summed E-state index contributed by atoms with van der Waals surface area (Å²) in [4.78, 5) is 2.21. The molecule has 0 aromatic heterocycles. The molecule has 0 aliphatic heterocycles. The summed E-state index contributed by atoms with van der Waals surface area (Å²) in [5.41, 5.74) is 9.31. The first kappa shape index (κ1) is 14.9. The highest BCUT2D eigenvalue weighted by Gasteiger charge is 2.15. The number of hydrogen-bond acceptors (Lipinski definition) is 2. The van der Waals surface area contributed by atoms with Crippen molar-refractivity contribution in [3.05, 3.63) is 64.7 Å². The molecule has 3 heteroatoms. The Morgan fingerprint density at radius 3 is 2.15 bits per heavy atom. The van der Waals surface area contributed by atoms with Crippen molar-refractivity contribution in [3.8, 4) is 0 Å². The van der Waals surface area contributed by atoms with Gasteiger partial charge in [0.15, 0.2) is 0 Å². The molecular weight excluding hydrogens is 268 g/mol. The van der Waals surface area contributed by atoms with Gasteiger partial charge < -0.3 is 10.6 Å². The SMILES string of the molecule is CC(c1ccccc1Cl)N(C)c1ccc([C@H](C)N)cc1. The Kier molecular flexibility index (Phi) is 4.69. The molecule has 0 fully saturated rings. The Bertz CT molecular complexity index is 563. The van der Waals surface area contributed by atoms with Crippen molar-refractivity contribution >= 4 is 17.3 Å². The van der Waals surface area contributed by atoms with E-state index in [0.717, 1.165) is 21.8 Å². The van der Waals surface area contributed by atoms with E-state index in [0.29, 0.717) is 0 Å². The number of anilines is 1. The van der Waals surface area contributed by atoms with Crippen molar-refractivity contribution in [2.24, 2.45) is 5.73 Å². The van der Waals surface area contributed by atoms with Gasteiger partial charge in [0.05, 0.1) is 6.04 Å². The first-order valence-corrected chi connectivity index (χ1v) is 7.21. The van der Waals surface area contributed by atoms with Gasteiger partial charge in [0.2, 0.25) is 0 Å². The van der Waals surface area contributed by atoms with Crippen LogP contribution in [0.3, 0.4) is 0 Å². The molecule has 0 aliphatic rings. The minimum atomic E-state index is 0.0651. The summed E-state index contributed by atoms with van der Waals surface area (Å²) in [5, 5.41) is 0.805. The lowest BCUT2D eigenvalue weighted by atomic mass is 10.1. The zero-order valence-corrected chi connectivity index (χ0v) is 12.9. The fourth-order valence-electron chi connectivity index (χ4n) is 2.26. The number of nitrogens with two attached hydrogens (primary N) is 1. The molecule has 1 unspecified atom stereocenters. The van der Waals surface area contributed by atoms with Gasteiger partial charge in [-0.3, -0.25) is 0 Å². The topological polar surface area (TPSA) is 29.3 Å². The summed E-state index contributed by atoms with van der Waals surface area (Å²) in [6.07, 6.45) is 0. The Morgan fingerprint density at radius 2 is 1.60 bits per heavy atom. The predicted molar refractivity (Wildman–Crippen MR) is 87.3 cm³/mol. The van der Waals surface area contributed by atoms with Gasteiger partial charge in [0.1, 0.15) is 0 Å². The van der Waals surface area contributed by atoms with Gasteiger partial charge in [-0.25, -0.2) is 0 Å².